The van der Waals surface area contributed by atoms with Crippen LogP contribution >= 0.6 is 0 Å². The third-order valence-electron chi connectivity index (χ3n) is 2.25. The van der Waals surface area contributed by atoms with Crippen LogP contribution in [-0.4, -0.2) is 48.8 Å². The molecule has 17 heavy (non-hydrogen) atoms. The van der Waals surface area contributed by atoms with Crippen molar-refractivity contribution in [3.05, 3.63) is 0 Å². The monoisotopic (exact) mass is 251 g/mol. The summed E-state index contributed by atoms with van der Waals surface area (Å²) in [7, 11) is 0. The maximum Gasteiger partial charge on any atom is 0.410 e. The first-order valence-electron chi connectivity index (χ1n) is 5.65. The minimum absolute atomic E-state index is 0.309. The fourth-order valence-electron chi connectivity index (χ4n) is 1.57. The van der Waals surface area contributed by atoms with Crippen molar-refractivity contribution in [2.75, 3.05) is 19.7 Å². The fourth-order valence-corrected chi connectivity index (χ4v) is 1.57. The predicted octanol–water partition coefficient (Wildman–Crippen LogP) is 2.28. The van der Waals surface area contributed by atoms with Gasteiger partial charge in [-0.15, -0.1) is 0 Å². The summed E-state index contributed by atoms with van der Waals surface area (Å²) in [5, 5.41) is 0. The Kier molecular flexibility index (Phi) is 4.68. The topological polar surface area (TPSA) is 38.8 Å². The van der Waals surface area contributed by atoms with Gasteiger partial charge in [-0.3, -0.25) is 0 Å². The molecule has 1 amide bonds. The lowest BCUT2D eigenvalue weighted by Crippen LogP contribution is -2.36. The van der Waals surface area contributed by atoms with Gasteiger partial charge in [-0.05, 0) is 27.2 Å². The van der Waals surface area contributed by atoms with Crippen LogP contribution in [0.25, 0.3) is 0 Å². The Morgan fingerprint density at radius 2 is 2.12 bits per heavy atom. The average Bonchev–Trinajstić information content (AvgIpc) is 2.60. The molecule has 0 radical (unpaired) electrons. The van der Waals surface area contributed by atoms with E-state index in [0.29, 0.717) is 19.5 Å². The van der Waals surface area contributed by atoms with Crippen LogP contribution < -0.4 is 0 Å². The van der Waals surface area contributed by atoms with Crippen LogP contribution in [0.5, 0.6) is 0 Å². The van der Waals surface area contributed by atoms with E-state index in [2.05, 4.69) is 0 Å². The molecule has 0 N–H and O–H groups in total. The lowest BCUT2D eigenvalue weighted by atomic mass is 10.2. The summed E-state index contributed by atoms with van der Waals surface area (Å²) in [4.78, 5) is 13.1. The number of alkyl halides is 2. The normalized spacial score (nSPS) is 21.1. The highest BCUT2D eigenvalue weighted by Crippen LogP contribution is 2.17. The lowest BCUT2D eigenvalue weighted by molar-refractivity contribution is -0.0216. The van der Waals surface area contributed by atoms with Crippen molar-refractivity contribution in [3.63, 3.8) is 0 Å². The van der Waals surface area contributed by atoms with Crippen LogP contribution in [0.3, 0.4) is 0 Å². The summed E-state index contributed by atoms with van der Waals surface area (Å²) in [6.45, 7) is 5.58. The van der Waals surface area contributed by atoms with E-state index in [1.54, 1.807) is 20.8 Å². The van der Waals surface area contributed by atoms with Crippen LogP contribution in [0.15, 0.2) is 0 Å². The Balaban J connectivity index is 2.32. The van der Waals surface area contributed by atoms with Gasteiger partial charge in [0, 0.05) is 6.54 Å². The number of carbonyl (C=O) groups is 1. The maximum atomic E-state index is 11.9. The first-order chi connectivity index (χ1) is 7.78. The Labute approximate surface area is 99.9 Å². The second kappa shape index (κ2) is 5.62. The molecule has 1 fully saturated rings. The van der Waals surface area contributed by atoms with Gasteiger partial charge >= 0.3 is 6.09 Å². The molecule has 100 valence electrons. The molecule has 0 aromatic heterocycles. The highest BCUT2D eigenvalue weighted by Gasteiger charge is 2.30. The molecule has 1 atom stereocenters. The van der Waals surface area contributed by atoms with Crippen molar-refractivity contribution in [2.24, 2.45) is 0 Å². The van der Waals surface area contributed by atoms with Crippen LogP contribution in [0.1, 0.15) is 27.2 Å². The molecule has 0 aromatic carbocycles. The van der Waals surface area contributed by atoms with Gasteiger partial charge < -0.3 is 14.4 Å². The van der Waals surface area contributed by atoms with Crippen molar-refractivity contribution in [1.29, 1.82) is 0 Å². The second-order valence-corrected chi connectivity index (χ2v) is 5.06. The summed E-state index contributed by atoms with van der Waals surface area (Å²) in [6.07, 6.45) is -2.62. The largest absolute Gasteiger partial charge is 0.444 e. The lowest BCUT2D eigenvalue weighted by Gasteiger charge is -2.24. The quantitative estimate of drug-likeness (QED) is 0.772. The van der Waals surface area contributed by atoms with E-state index >= 15 is 0 Å². The number of hydrogen-bond donors (Lipinski definition) is 0. The van der Waals surface area contributed by atoms with E-state index in [-0.39, 0.29) is 6.10 Å². The van der Waals surface area contributed by atoms with Gasteiger partial charge in [0.25, 0.3) is 6.43 Å². The van der Waals surface area contributed by atoms with Gasteiger partial charge in [0.15, 0.2) is 0 Å². The zero-order chi connectivity index (χ0) is 13.1. The fraction of sp³-hybridized carbons (Fsp3) is 0.909. The van der Waals surface area contributed by atoms with E-state index in [1.165, 1.54) is 4.90 Å². The Bertz CT molecular complexity index is 266. The molecule has 4 nitrogen and oxygen atoms in total. The molecule has 6 heteroatoms. The Morgan fingerprint density at radius 1 is 1.47 bits per heavy atom. The third kappa shape index (κ3) is 5.30. The van der Waals surface area contributed by atoms with E-state index in [4.69, 9.17) is 9.47 Å². The smallest absolute Gasteiger partial charge is 0.410 e. The van der Waals surface area contributed by atoms with Gasteiger partial charge in [-0.2, -0.15) is 0 Å². The van der Waals surface area contributed by atoms with Crippen LogP contribution in [0, 0.1) is 0 Å². The minimum atomic E-state index is -2.47. The van der Waals surface area contributed by atoms with Crippen LogP contribution in [0.2, 0.25) is 0 Å². The summed E-state index contributed by atoms with van der Waals surface area (Å²) < 4.78 is 34.0. The molecular formula is C11H19F2NO3. The molecule has 1 aliphatic rings. The average molecular weight is 251 g/mol. The second-order valence-electron chi connectivity index (χ2n) is 5.06. The molecule has 0 aliphatic carbocycles. The van der Waals surface area contributed by atoms with E-state index in [9.17, 15) is 13.6 Å². The minimum Gasteiger partial charge on any atom is -0.444 e. The van der Waals surface area contributed by atoms with Crippen LogP contribution in [0.4, 0.5) is 13.6 Å². The van der Waals surface area contributed by atoms with E-state index in [1.807, 2.05) is 0 Å². The number of halogens is 2. The highest BCUT2D eigenvalue weighted by molar-refractivity contribution is 5.68. The summed E-state index contributed by atoms with van der Waals surface area (Å²) in [6, 6.07) is 0. The van der Waals surface area contributed by atoms with Gasteiger partial charge in [0.05, 0.1) is 12.6 Å². The highest BCUT2D eigenvalue weighted by atomic mass is 19.3. The Morgan fingerprint density at radius 3 is 2.65 bits per heavy atom. The first kappa shape index (κ1) is 14.2. The number of hydrogen-bond acceptors (Lipinski definition) is 3. The zero-order valence-electron chi connectivity index (χ0n) is 10.4. The molecule has 0 aromatic rings. The summed E-state index contributed by atoms with van der Waals surface area (Å²) in [5.41, 5.74) is -0.543. The standard InChI is InChI=1S/C11H19F2NO3/c1-11(2,3)17-10(15)14-5-4-8(6-14)16-7-9(12)13/h8-9H,4-7H2,1-3H3. The number of likely N-dealkylation sites (tertiary alicyclic amines) is 1. The van der Waals surface area contributed by atoms with E-state index < -0.39 is 24.7 Å². The summed E-state index contributed by atoms with van der Waals surface area (Å²) >= 11 is 0. The van der Waals surface area contributed by atoms with Gasteiger partial charge in [0.2, 0.25) is 0 Å². The molecule has 1 aliphatic heterocycles. The van der Waals surface area contributed by atoms with Gasteiger partial charge in [-0.25, -0.2) is 13.6 Å². The molecule has 1 unspecified atom stereocenters. The Hall–Kier alpha value is -0.910. The van der Waals surface area contributed by atoms with Crippen molar-refractivity contribution < 1.29 is 23.0 Å². The zero-order valence-corrected chi connectivity index (χ0v) is 10.4. The van der Waals surface area contributed by atoms with E-state index in [0.717, 1.165) is 0 Å². The first-order valence-corrected chi connectivity index (χ1v) is 5.65. The maximum absolute atomic E-state index is 11.9. The van der Waals surface area contributed by atoms with Gasteiger partial charge in [-0.1, -0.05) is 0 Å². The van der Waals surface area contributed by atoms with Crippen molar-refractivity contribution >= 4 is 6.09 Å². The molecule has 0 spiro atoms. The summed E-state index contributed by atoms with van der Waals surface area (Å²) in [5.74, 6) is 0. The molecule has 0 bridgehead atoms. The van der Waals surface area contributed by atoms with Crippen molar-refractivity contribution in [3.8, 4) is 0 Å². The number of carbonyl (C=O) groups excluding carboxylic acids is 1. The SMILES string of the molecule is CC(C)(C)OC(=O)N1CCC(OCC(F)F)C1. The molecule has 0 saturated carbocycles. The molecule has 1 saturated heterocycles. The van der Waals surface area contributed by atoms with Gasteiger partial charge in [0.1, 0.15) is 12.2 Å². The van der Waals surface area contributed by atoms with Crippen LogP contribution in [-0.2, 0) is 9.47 Å². The molecule has 1 heterocycles. The molecular weight excluding hydrogens is 232 g/mol. The number of ether oxygens (including phenoxy) is 2. The predicted molar refractivity (Wildman–Crippen MR) is 58.2 cm³/mol. The third-order valence-corrected chi connectivity index (χ3v) is 2.25. The number of rotatable bonds is 3. The van der Waals surface area contributed by atoms with Crippen molar-refractivity contribution in [2.45, 2.75) is 45.3 Å². The number of amides is 1. The number of nitrogens with zero attached hydrogens (tertiary/aromatic N) is 1. The molecule has 1 rings (SSSR count). The van der Waals surface area contributed by atoms with Crippen molar-refractivity contribution in [1.82, 2.24) is 4.90 Å².